The first kappa shape index (κ1) is 17.8. The zero-order valence-electron chi connectivity index (χ0n) is 14.3. The number of para-hydroxylation sites is 1. The highest BCUT2D eigenvalue weighted by atomic mass is 79.9. The predicted molar refractivity (Wildman–Crippen MR) is 108 cm³/mol. The number of benzene rings is 2. The molecule has 0 aliphatic rings. The van der Waals surface area contributed by atoms with Crippen molar-refractivity contribution < 1.29 is 4.74 Å². The molecule has 3 rings (SSSR count). The molecule has 0 saturated carbocycles. The van der Waals surface area contributed by atoms with Gasteiger partial charge in [-0.1, -0.05) is 29.8 Å². The van der Waals surface area contributed by atoms with Crippen molar-refractivity contribution in [2.24, 2.45) is 4.99 Å². The number of aliphatic imine (C=N–C) groups is 1. The molecule has 3 nitrogen and oxygen atoms in total. The van der Waals surface area contributed by atoms with E-state index >= 15 is 0 Å². The molecule has 5 heteroatoms. The van der Waals surface area contributed by atoms with Crippen LogP contribution in [0.4, 0.5) is 5.69 Å². The second-order valence-corrected chi connectivity index (χ2v) is 6.85. The summed E-state index contributed by atoms with van der Waals surface area (Å²) >= 11 is 9.87. The summed E-state index contributed by atoms with van der Waals surface area (Å²) in [7, 11) is 1.60. The minimum Gasteiger partial charge on any atom is -0.495 e. The summed E-state index contributed by atoms with van der Waals surface area (Å²) in [5.41, 5.74) is 5.22. The smallest absolute Gasteiger partial charge is 0.137 e. The van der Waals surface area contributed by atoms with Gasteiger partial charge in [-0.25, -0.2) is 0 Å². The maximum atomic E-state index is 6.17. The molecule has 25 heavy (non-hydrogen) atoms. The van der Waals surface area contributed by atoms with E-state index in [-0.39, 0.29) is 0 Å². The topological polar surface area (TPSA) is 26.5 Å². The summed E-state index contributed by atoms with van der Waals surface area (Å²) < 4.78 is 8.43. The standard InChI is InChI=1S/C20H18BrClN2O/c1-13-17(12-23-15-9-10-19(25-3)18(22)11-15)20(21)14(2)24(13)16-7-5-4-6-8-16/h4-12H,1-3H3. The van der Waals surface area contributed by atoms with Gasteiger partial charge in [-0.2, -0.15) is 0 Å². The van der Waals surface area contributed by atoms with Crippen LogP contribution in [0.15, 0.2) is 58.0 Å². The normalized spacial score (nSPS) is 11.2. The lowest BCUT2D eigenvalue weighted by molar-refractivity contribution is 0.415. The van der Waals surface area contributed by atoms with Crippen LogP contribution in [0.25, 0.3) is 5.69 Å². The lowest BCUT2D eigenvalue weighted by atomic mass is 10.2. The van der Waals surface area contributed by atoms with Crippen molar-refractivity contribution in [1.82, 2.24) is 4.57 Å². The molecule has 0 N–H and O–H groups in total. The molecule has 0 unspecified atom stereocenters. The maximum absolute atomic E-state index is 6.17. The third kappa shape index (κ3) is 3.51. The quantitative estimate of drug-likeness (QED) is 0.459. The molecular weight excluding hydrogens is 400 g/mol. The molecule has 0 aliphatic heterocycles. The Labute approximate surface area is 161 Å². The van der Waals surface area contributed by atoms with E-state index in [9.17, 15) is 0 Å². The van der Waals surface area contributed by atoms with E-state index in [0.29, 0.717) is 10.8 Å². The predicted octanol–water partition coefficient (Wildman–Crippen LogP) is 6.27. The summed E-state index contributed by atoms with van der Waals surface area (Å²) in [5, 5.41) is 0.547. The Bertz CT molecular complexity index is 933. The van der Waals surface area contributed by atoms with E-state index < -0.39 is 0 Å². The van der Waals surface area contributed by atoms with E-state index in [2.05, 4.69) is 51.5 Å². The summed E-state index contributed by atoms with van der Waals surface area (Å²) in [6.07, 6.45) is 1.87. The van der Waals surface area contributed by atoms with Crippen LogP contribution in [0.3, 0.4) is 0 Å². The Morgan fingerprint density at radius 3 is 2.44 bits per heavy atom. The summed E-state index contributed by atoms with van der Waals surface area (Å²) in [5.74, 6) is 0.643. The Morgan fingerprint density at radius 2 is 1.80 bits per heavy atom. The largest absolute Gasteiger partial charge is 0.495 e. The molecule has 0 amide bonds. The van der Waals surface area contributed by atoms with E-state index in [1.165, 1.54) is 0 Å². The number of methoxy groups -OCH3 is 1. The number of halogens is 2. The summed E-state index contributed by atoms with van der Waals surface area (Å²) in [4.78, 5) is 4.57. The highest BCUT2D eigenvalue weighted by Crippen LogP contribution is 2.31. The van der Waals surface area contributed by atoms with E-state index in [1.54, 1.807) is 13.2 Å². The van der Waals surface area contributed by atoms with Crippen LogP contribution < -0.4 is 4.74 Å². The van der Waals surface area contributed by atoms with Crippen molar-refractivity contribution in [3.63, 3.8) is 0 Å². The van der Waals surface area contributed by atoms with Gasteiger partial charge in [-0.15, -0.1) is 0 Å². The molecule has 0 radical (unpaired) electrons. The van der Waals surface area contributed by atoms with Crippen LogP contribution in [0.2, 0.25) is 5.02 Å². The van der Waals surface area contributed by atoms with Gasteiger partial charge < -0.3 is 9.30 Å². The van der Waals surface area contributed by atoms with Crippen molar-refractivity contribution in [2.45, 2.75) is 13.8 Å². The van der Waals surface area contributed by atoms with E-state index in [1.807, 2.05) is 36.5 Å². The van der Waals surface area contributed by atoms with Gasteiger partial charge in [0, 0.05) is 33.3 Å². The monoisotopic (exact) mass is 416 g/mol. The molecular formula is C20H18BrClN2O. The third-order valence-electron chi connectivity index (χ3n) is 4.11. The van der Waals surface area contributed by atoms with Crippen LogP contribution in [0.5, 0.6) is 5.75 Å². The fourth-order valence-corrected chi connectivity index (χ4v) is 3.63. The Morgan fingerprint density at radius 1 is 1.08 bits per heavy atom. The third-order valence-corrected chi connectivity index (χ3v) is 5.40. The van der Waals surface area contributed by atoms with Gasteiger partial charge in [-0.05, 0) is 60.1 Å². The molecule has 0 saturated heterocycles. The average molecular weight is 418 g/mol. The van der Waals surface area contributed by atoms with Crippen molar-refractivity contribution in [2.75, 3.05) is 7.11 Å². The molecule has 1 heterocycles. The fourth-order valence-electron chi connectivity index (χ4n) is 2.81. The van der Waals surface area contributed by atoms with Crippen molar-refractivity contribution in [3.8, 4) is 11.4 Å². The molecule has 0 aliphatic carbocycles. The van der Waals surface area contributed by atoms with Crippen molar-refractivity contribution in [1.29, 1.82) is 0 Å². The molecule has 0 fully saturated rings. The highest BCUT2D eigenvalue weighted by molar-refractivity contribution is 9.10. The van der Waals surface area contributed by atoms with Gasteiger partial charge in [0.2, 0.25) is 0 Å². The lowest BCUT2D eigenvalue weighted by Gasteiger charge is -2.08. The first-order valence-electron chi connectivity index (χ1n) is 7.83. The van der Waals surface area contributed by atoms with E-state index in [4.69, 9.17) is 16.3 Å². The highest BCUT2D eigenvalue weighted by Gasteiger charge is 2.15. The fraction of sp³-hybridized carbons (Fsp3) is 0.150. The summed E-state index contributed by atoms with van der Waals surface area (Å²) in [6, 6.07) is 15.8. The van der Waals surface area contributed by atoms with Crippen LogP contribution in [-0.2, 0) is 0 Å². The van der Waals surface area contributed by atoms with Crippen LogP contribution in [-0.4, -0.2) is 17.9 Å². The zero-order chi connectivity index (χ0) is 18.0. The van der Waals surface area contributed by atoms with Crippen LogP contribution in [0, 0.1) is 13.8 Å². The molecule has 0 bridgehead atoms. The van der Waals surface area contributed by atoms with Crippen molar-refractivity contribution >= 4 is 39.4 Å². The SMILES string of the molecule is COc1ccc(N=Cc2c(Br)c(C)n(-c3ccccc3)c2C)cc1Cl. The van der Waals surface area contributed by atoms with Gasteiger partial charge in [0.25, 0.3) is 0 Å². The number of hydrogen-bond acceptors (Lipinski definition) is 2. The molecule has 3 aromatic rings. The number of ether oxygens (including phenoxy) is 1. The second-order valence-electron chi connectivity index (χ2n) is 5.65. The number of rotatable bonds is 4. The van der Waals surface area contributed by atoms with Gasteiger partial charge in [-0.3, -0.25) is 4.99 Å². The molecule has 1 aromatic heterocycles. The van der Waals surface area contributed by atoms with Crippen LogP contribution >= 0.6 is 27.5 Å². The molecule has 0 spiro atoms. The summed E-state index contributed by atoms with van der Waals surface area (Å²) in [6.45, 7) is 4.18. The molecule has 0 atom stereocenters. The minimum absolute atomic E-state index is 0.547. The number of nitrogens with zero attached hydrogens (tertiary/aromatic N) is 2. The van der Waals surface area contributed by atoms with Gasteiger partial charge in [0.05, 0.1) is 17.8 Å². The second kappa shape index (κ2) is 7.46. The number of hydrogen-bond donors (Lipinski definition) is 0. The first-order chi connectivity index (χ1) is 12.0. The van der Waals surface area contributed by atoms with Crippen molar-refractivity contribution in [3.05, 3.63) is 75.0 Å². The van der Waals surface area contributed by atoms with Crippen LogP contribution in [0.1, 0.15) is 17.0 Å². The van der Waals surface area contributed by atoms with Gasteiger partial charge in [0.1, 0.15) is 5.75 Å². The molecule has 2 aromatic carbocycles. The van der Waals surface area contributed by atoms with Gasteiger partial charge >= 0.3 is 0 Å². The minimum atomic E-state index is 0.547. The molecule has 128 valence electrons. The Balaban J connectivity index is 2.00. The zero-order valence-corrected chi connectivity index (χ0v) is 16.6. The maximum Gasteiger partial charge on any atom is 0.137 e. The Kier molecular flexibility index (Phi) is 5.30. The Hall–Kier alpha value is -2.04. The average Bonchev–Trinajstić information content (AvgIpc) is 2.83. The lowest BCUT2D eigenvalue weighted by Crippen LogP contribution is -1.99. The van der Waals surface area contributed by atoms with Gasteiger partial charge in [0.15, 0.2) is 0 Å². The number of aromatic nitrogens is 1. The first-order valence-corrected chi connectivity index (χ1v) is 9.00. The van der Waals surface area contributed by atoms with E-state index in [0.717, 1.165) is 32.8 Å².